The molecule has 2 aromatic rings. The Bertz CT molecular complexity index is 723. The smallest absolute Gasteiger partial charge is 0.387 e. The van der Waals surface area contributed by atoms with Crippen molar-refractivity contribution in [2.24, 2.45) is 0 Å². The van der Waals surface area contributed by atoms with Crippen LogP contribution in [0.25, 0.3) is 0 Å². The average Bonchev–Trinajstić information content (AvgIpc) is 2.54. The summed E-state index contributed by atoms with van der Waals surface area (Å²) in [4.78, 5) is 11.9. The van der Waals surface area contributed by atoms with E-state index in [1.54, 1.807) is 6.92 Å². The highest BCUT2D eigenvalue weighted by atomic mass is 19.3. The zero-order valence-electron chi connectivity index (χ0n) is 13.2. The number of halogens is 4. The summed E-state index contributed by atoms with van der Waals surface area (Å²) in [5, 5.41) is 5.37. The number of rotatable bonds is 7. The number of hydrogen-bond acceptors (Lipinski definition) is 3. The van der Waals surface area contributed by atoms with E-state index in [0.29, 0.717) is 5.69 Å². The third-order valence-corrected chi connectivity index (χ3v) is 3.36. The largest absolute Gasteiger partial charge is 0.435 e. The second-order valence-corrected chi connectivity index (χ2v) is 5.22. The molecule has 0 fully saturated rings. The van der Waals surface area contributed by atoms with Gasteiger partial charge in [0, 0.05) is 23.4 Å². The predicted molar refractivity (Wildman–Crippen MR) is 84.5 cm³/mol. The molecule has 0 spiro atoms. The van der Waals surface area contributed by atoms with Gasteiger partial charge in [0.05, 0.1) is 6.54 Å². The van der Waals surface area contributed by atoms with E-state index in [1.165, 1.54) is 30.3 Å². The standard InChI is InChI=1S/C17H16F4N2O2/c1-10(14-7-2-11(18)8-15(14)19)22-9-16(24)23-12-3-5-13(6-4-12)25-17(20)21/h2-8,10,17,22H,9H2,1H3,(H,23,24)/t10-/m0/s1. The number of amides is 1. The lowest BCUT2D eigenvalue weighted by Gasteiger charge is -2.15. The molecule has 0 aliphatic rings. The van der Waals surface area contributed by atoms with Crippen molar-refractivity contribution in [3.63, 3.8) is 0 Å². The summed E-state index contributed by atoms with van der Waals surface area (Å²) in [6.45, 7) is -1.40. The second-order valence-electron chi connectivity index (χ2n) is 5.22. The van der Waals surface area contributed by atoms with E-state index in [1.807, 2.05) is 0 Å². The Labute approximate surface area is 141 Å². The van der Waals surface area contributed by atoms with Gasteiger partial charge in [-0.1, -0.05) is 6.07 Å². The Morgan fingerprint density at radius 3 is 2.40 bits per heavy atom. The van der Waals surface area contributed by atoms with Gasteiger partial charge in [-0.15, -0.1) is 0 Å². The van der Waals surface area contributed by atoms with Gasteiger partial charge in [-0.25, -0.2) is 8.78 Å². The van der Waals surface area contributed by atoms with Crippen molar-refractivity contribution in [1.29, 1.82) is 0 Å². The van der Waals surface area contributed by atoms with Crippen LogP contribution in [-0.2, 0) is 4.79 Å². The molecule has 0 heterocycles. The Balaban J connectivity index is 1.85. The Kier molecular flexibility index (Phi) is 6.35. The SMILES string of the molecule is C[C@H](NCC(=O)Nc1ccc(OC(F)F)cc1)c1ccc(F)cc1F. The highest BCUT2D eigenvalue weighted by Crippen LogP contribution is 2.19. The molecule has 1 atom stereocenters. The minimum Gasteiger partial charge on any atom is -0.435 e. The van der Waals surface area contributed by atoms with E-state index in [9.17, 15) is 22.4 Å². The van der Waals surface area contributed by atoms with Gasteiger partial charge in [-0.3, -0.25) is 4.79 Å². The Morgan fingerprint density at radius 1 is 1.12 bits per heavy atom. The summed E-state index contributed by atoms with van der Waals surface area (Å²) < 4.78 is 54.8. The molecule has 0 radical (unpaired) electrons. The fraction of sp³-hybridized carbons (Fsp3) is 0.235. The molecule has 0 unspecified atom stereocenters. The van der Waals surface area contributed by atoms with Crippen LogP contribution in [0.1, 0.15) is 18.5 Å². The number of ether oxygens (including phenoxy) is 1. The van der Waals surface area contributed by atoms with Gasteiger partial charge in [0.2, 0.25) is 5.91 Å². The van der Waals surface area contributed by atoms with Gasteiger partial charge in [0.15, 0.2) is 0 Å². The maximum atomic E-state index is 13.7. The molecule has 2 aromatic carbocycles. The quantitative estimate of drug-likeness (QED) is 0.741. The fourth-order valence-corrected chi connectivity index (χ4v) is 2.13. The summed E-state index contributed by atoms with van der Waals surface area (Å²) in [6, 6.07) is 8.14. The summed E-state index contributed by atoms with van der Waals surface area (Å²) in [7, 11) is 0. The van der Waals surface area contributed by atoms with Gasteiger partial charge in [-0.2, -0.15) is 8.78 Å². The van der Waals surface area contributed by atoms with Gasteiger partial charge < -0.3 is 15.4 Å². The number of carbonyl (C=O) groups excluding carboxylic acids is 1. The predicted octanol–water partition coefficient (Wildman–Crippen LogP) is 3.86. The first-order valence-corrected chi connectivity index (χ1v) is 7.38. The Hall–Kier alpha value is -2.61. The van der Waals surface area contributed by atoms with Crippen LogP contribution in [0.4, 0.5) is 23.2 Å². The van der Waals surface area contributed by atoms with Crippen molar-refractivity contribution in [1.82, 2.24) is 5.32 Å². The van der Waals surface area contributed by atoms with Gasteiger partial charge in [0.25, 0.3) is 0 Å². The van der Waals surface area contributed by atoms with Crippen molar-refractivity contribution in [3.05, 3.63) is 59.7 Å². The van der Waals surface area contributed by atoms with Crippen LogP contribution in [0.2, 0.25) is 0 Å². The first-order chi connectivity index (χ1) is 11.8. The van der Waals surface area contributed by atoms with E-state index >= 15 is 0 Å². The summed E-state index contributed by atoms with van der Waals surface area (Å²) in [5.74, 6) is -1.80. The zero-order valence-corrected chi connectivity index (χ0v) is 13.2. The Morgan fingerprint density at radius 2 is 1.80 bits per heavy atom. The number of hydrogen-bond donors (Lipinski definition) is 2. The molecule has 1 amide bonds. The molecule has 0 bridgehead atoms. The van der Waals surface area contributed by atoms with Gasteiger partial charge >= 0.3 is 6.61 Å². The number of nitrogens with one attached hydrogen (secondary N) is 2. The number of anilines is 1. The second kappa shape index (κ2) is 8.48. The molecule has 0 aliphatic heterocycles. The molecule has 0 aliphatic carbocycles. The minimum atomic E-state index is -2.92. The minimum absolute atomic E-state index is 0.0217. The topological polar surface area (TPSA) is 50.4 Å². The van der Waals surface area contributed by atoms with Crippen LogP contribution >= 0.6 is 0 Å². The fourth-order valence-electron chi connectivity index (χ4n) is 2.13. The molecular formula is C17H16F4N2O2. The van der Waals surface area contributed by atoms with Crippen molar-refractivity contribution >= 4 is 11.6 Å². The van der Waals surface area contributed by atoms with Crippen LogP contribution < -0.4 is 15.4 Å². The normalized spacial score (nSPS) is 12.1. The maximum absolute atomic E-state index is 13.7. The highest BCUT2D eigenvalue weighted by Gasteiger charge is 2.13. The van der Waals surface area contributed by atoms with Crippen LogP contribution in [0, 0.1) is 11.6 Å². The molecule has 4 nitrogen and oxygen atoms in total. The van der Waals surface area contributed by atoms with Crippen LogP contribution in [-0.4, -0.2) is 19.1 Å². The molecule has 134 valence electrons. The van der Waals surface area contributed by atoms with Crippen molar-refractivity contribution in [2.75, 3.05) is 11.9 Å². The monoisotopic (exact) mass is 356 g/mol. The molecular weight excluding hydrogens is 340 g/mol. The first kappa shape index (κ1) is 18.7. The molecule has 8 heteroatoms. The number of benzene rings is 2. The molecule has 0 aromatic heterocycles. The number of alkyl halides is 2. The molecule has 2 N–H and O–H groups in total. The van der Waals surface area contributed by atoms with Crippen molar-refractivity contribution in [2.45, 2.75) is 19.6 Å². The molecule has 0 saturated carbocycles. The molecule has 25 heavy (non-hydrogen) atoms. The number of carbonyl (C=O) groups is 1. The van der Waals surface area contributed by atoms with Gasteiger partial charge in [0.1, 0.15) is 17.4 Å². The molecule has 0 saturated heterocycles. The van der Waals surface area contributed by atoms with Crippen LogP contribution in [0.5, 0.6) is 5.75 Å². The maximum Gasteiger partial charge on any atom is 0.387 e. The van der Waals surface area contributed by atoms with E-state index < -0.39 is 30.2 Å². The zero-order chi connectivity index (χ0) is 18.4. The van der Waals surface area contributed by atoms with Crippen molar-refractivity contribution in [3.8, 4) is 5.75 Å². The third-order valence-electron chi connectivity index (χ3n) is 3.36. The lowest BCUT2D eigenvalue weighted by molar-refractivity contribution is -0.115. The first-order valence-electron chi connectivity index (χ1n) is 7.38. The summed E-state index contributed by atoms with van der Waals surface area (Å²) in [5.41, 5.74) is 0.636. The summed E-state index contributed by atoms with van der Waals surface area (Å²) in [6.07, 6.45) is 0. The van der Waals surface area contributed by atoms with E-state index in [2.05, 4.69) is 15.4 Å². The third kappa shape index (κ3) is 5.75. The summed E-state index contributed by atoms with van der Waals surface area (Å²) >= 11 is 0. The lowest BCUT2D eigenvalue weighted by Crippen LogP contribution is -2.30. The van der Waals surface area contributed by atoms with E-state index in [4.69, 9.17) is 0 Å². The lowest BCUT2D eigenvalue weighted by atomic mass is 10.1. The van der Waals surface area contributed by atoms with E-state index in [0.717, 1.165) is 12.1 Å². The van der Waals surface area contributed by atoms with Crippen molar-refractivity contribution < 1.29 is 27.1 Å². The van der Waals surface area contributed by atoms with Gasteiger partial charge in [-0.05, 0) is 37.3 Å². The van der Waals surface area contributed by atoms with Crippen LogP contribution in [0.3, 0.4) is 0 Å². The van der Waals surface area contributed by atoms with E-state index in [-0.39, 0.29) is 17.9 Å². The molecule has 2 rings (SSSR count). The van der Waals surface area contributed by atoms with Crippen LogP contribution in [0.15, 0.2) is 42.5 Å². The average molecular weight is 356 g/mol. The highest BCUT2D eigenvalue weighted by molar-refractivity contribution is 5.92.